The van der Waals surface area contributed by atoms with E-state index in [1.807, 2.05) is 0 Å². The average molecular weight is 237 g/mol. The molecule has 0 aromatic carbocycles. The minimum atomic E-state index is 0.691. The van der Waals surface area contributed by atoms with Crippen molar-refractivity contribution in [2.45, 2.75) is 59.8 Å². The van der Waals surface area contributed by atoms with E-state index in [9.17, 15) is 0 Å². The third kappa shape index (κ3) is 5.72. The van der Waals surface area contributed by atoms with Gasteiger partial charge in [0.25, 0.3) is 0 Å². The first kappa shape index (κ1) is 14.8. The van der Waals surface area contributed by atoms with Crippen LogP contribution in [0.1, 0.15) is 59.8 Å². The van der Waals surface area contributed by atoms with Gasteiger partial charge in [-0.1, -0.05) is 52.2 Å². The zero-order valence-electron chi connectivity index (χ0n) is 12.3. The van der Waals surface area contributed by atoms with Crippen LogP contribution in [0.2, 0.25) is 0 Å². The van der Waals surface area contributed by atoms with Crippen molar-refractivity contribution in [1.29, 1.82) is 0 Å². The van der Waals surface area contributed by atoms with Gasteiger partial charge in [-0.05, 0) is 43.6 Å². The first-order valence-electron chi connectivity index (χ1n) is 7.54. The molecule has 0 aliphatic heterocycles. The van der Waals surface area contributed by atoms with Crippen LogP contribution in [0.5, 0.6) is 0 Å². The van der Waals surface area contributed by atoms with E-state index in [1.165, 1.54) is 32.1 Å². The van der Waals surface area contributed by atoms with Crippen LogP contribution >= 0.6 is 0 Å². The second-order valence-corrected chi connectivity index (χ2v) is 6.10. The third-order valence-electron chi connectivity index (χ3n) is 3.92. The van der Waals surface area contributed by atoms with E-state index >= 15 is 0 Å². The van der Waals surface area contributed by atoms with Crippen molar-refractivity contribution < 1.29 is 0 Å². The van der Waals surface area contributed by atoms with Crippen LogP contribution in [0.3, 0.4) is 0 Å². The van der Waals surface area contributed by atoms with Crippen LogP contribution < -0.4 is 5.32 Å². The molecule has 1 fully saturated rings. The number of rotatable bonds is 6. The summed E-state index contributed by atoms with van der Waals surface area (Å²) >= 11 is 0. The number of nitrogens with one attached hydrogen (secondary N) is 1. The lowest BCUT2D eigenvalue weighted by molar-refractivity contribution is 0.323. The number of hydrogen-bond acceptors (Lipinski definition) is 1. The van der Waals surface area contributed by atoms with Crippen molar-refractivity contribution >= 4 is 0 Å². The minimum absolute atomic E-state index is 0.691. The van der Waals surface area contributed by atoms with Gasteiger partial charge in [-0.15, -0.1) is 0 Å². The maximum absolute atomic E-state index is 3.55. The summed E-state index contributed by atoms with van der Waals surface area (Å²) in [6, 6.07) is 0. The lowest BCUT2D eigenvalue weighted by Gasteiger charge is -2.26. The summed E-state index contributed by atoms with van der Waals surface area (Å²) in [6.07, 6.45) is 9.50. The summed E-state index contributed by atoms with van der Waals surface area (Å²) in [5.74, 6) is 2.47. The molecule has 100 valence electrons. The van der Waals surface area contributed by atoms with Gasteiger partial charge in [0.05, 0.1) is 0 Å². The van der Waals surface area contributed by atoms with E-state index in [0.717, 1.165) is 24.9 Å². The molecule has 1 aliphatic carbocycles. The predicted molar refractivity (Wildman–Crippen MR) is 77.2 cm³/mol. The molecule has 1 saturated carbocycles. The van der Waals surface area contributed by atoms with E-state index < -0.39 is 0 Å². The summed E-state index contributed by atoms with van der Waals surface area (Å²) in [4.78, 5) is 0. The second kappa shape index (κ2) is 7.92. The van der Waals surface area contributed by atoms with Gasteiger partial charge in [0.15, 0.2) is 0 Å². The van der Waals surface area contributed by atoms with Gasteiger partial charge >= 0.3 is 0 Å². The van der Waals surface area contributed by atoms with Gasteiger partial charge in [-0.3, -0.25) is 0 Å². The molecular weight excluding hydrogens is 206 g/mol. The van der Waals surface area contributed by atoms with Crippen LogP contribution in [-0.4, -0.2) is 13.1 Å². The molecule has 0 saturated heterocycles. The highest BCUT2D eigenvalue weighted by atomic mass is 14.8. The summed E-state index contributed by atoms with van der Waals surface area (Å²) in [5.41, 5.74) is 1.62. The second-order valence-electron chi connectivity index (χ2n) is 6.10. The molecule has 0 bridgehead atoms. The fourth-order valence-corrected chi connectivity index (χ4v) is 2.80. The van der Waals surface area contributed by atoms with Crippen molar-refractivity contribution in [2.24, 2.45) is 17.8 Å². The predicted octanol–water partition coefficient (Wildman–Crippen LogP) is 4.39. The Morgan fingerprint density at radius 3 is 2.71 bits per heavy atom. The van der Waals surface area contributed by atoms with Gasteiger partial charge < -0.3 is 5.32 Å². The van der Waals surface area contributed by atoms with Gasteiger partial charge in [-0.2, -0.15) is 0 Å². The molecule has 0 amide bonds. The molecule has 0 heterocycles. The maximum atomic E-state index is 3.55. The zero-order valence-corrected chi connectivity index (χ0v) is 12.3. The quantitative estimate of drug-likeness (QED) is 0.533. The van der Waals surface area contributed by atoms with Gasteiger partial charge in [-0.25, -0.2) is 0 Å². The minimum Gasteiger partial charge on any atom is -0.313 e. The molecule has 0 aromatic rings. The Balaban J connectivity index is 2.49. The Labute approximate surface area is 108 Å². The third-order valence-corrected chi connectivity index (χ3v) is 3.92. The first-order valence-corrected chi connectivity index (χ1v) is 7.54. The zero-order chi connectivity index (χ0) is 12.7. The standard InChI is InChI=1S/C16H31N/c1-5-9-17-12-16(13(2)3)11-15-8-6-7-14(4)10-15/h11,13-15,17H,5-10,12H2,1-4H3. The van der Waals surface area contributed by atoms with Gasteiger partial charge in [0, 0.05) is 6.54 Å². The monoisotopic (exact) mass is 237 g/mol. The van der Waals surface area contributed by atoms with Crippen molar-refractivity contribution in [3.05, 3.63) is 11.6 Å². The Morgan fingerprint density at radius 1 is 1.35 bits per heavy atom. The first-order chi connectivity index (χ1) is 8.13. The highest BCUT2D eigenvalue weighted by molar-refractivity contribution is 5.09. The van der Waals surface area contributed by atoms with Crippen LogP contribution in [0, 0.1) is 17.8 Å². The fraction of sp³-hybridized carbons (Fsp3) is 0.875. The number of hydrogen-bond donors (Lipinski definition) is 1. The van der Waals surface area contributed by atoms with Gasteiger partial charge in [0.2, 0.25) is 0 Å². The number of allylic oxidation sites excluding steroid dienone is 1. The van der Waals surface area contributed by atoms with Crippen LogP contribution in [0.25, 0.3) is 0 Å². The fourth-order valence-electron chi connectivity index (χ4n) is 2.80. The van der Waals surface area contributed by atoms with Crippen LogP contribution in [-0.2, 0) is 0 Å². The summed E-state index contributed by atoms with van der Waals surface area (Å²) < 4.78 is 0. The Kier molecular flexibility index (Phi) is 6.87. The maximum Gasteiger partial charge on any atom is 0.0167 e. The Bertz CT molecular complexity index is 230. The highest BCUT2D eigenvalue weighted by Gasteiger charge is 2.18. The van der Waals surface area contributed by atoms with Crippen molar-refractivity contribution in [3.8, 4) is 0 Å². The molecule has 1 nitrogen and oxygen atoms in total. The molecular formula is C16H31N. The SMILES string of the molecule is CCCNCC(=CC1CCCC(C)C1)C(C)C. The molecule has 1 aliphatic rings. The van der Waals surface area contributed by atoms with Crippen molar-refractivity contribution in [1.82, 2.24) is 5.32 Å². The molecule has 2 atom stereocenters. The molecule has 1 heteroatoms. The highest BCUT2D eigenvalue weighted by Crippen LogP contribution is 2.30. The summed E-state index contributed by atoms with van der Waals surface area (Å²) in [5, 5.41) is 3.55. The lowest BCUT2D eigenvalue weighted by atomic mass is 9.81. The topological polar surface area (TPSA) is 12.0 Å². The molecule has 0 radical (unpaired) electrons. The van der Waals surface area contributed by atoms with E-state index in [-0.39, 0.29) is 0 Å². The van der Waals surface area contributed by atoms with E-state index in [4.69, 9.17) is 0 Å². The largest absolute Gasteiger partial charge is 0.313 e. The van der Waals surface area contributed by atoms with E-state index in [2.05, 4.69) is 39.1 Å². The van der Waals surface area contributed by atoms with E-state index in [1.54, 1.807) is 5.57 Å². The molecule has 2 unspecified atom stereocenters. The van der Waals surface area contributed by atoms with Gasteiger partial charge in [0.1, 0.15) is 0 Å². The smallest absolute Gasteiger partial charge is 0.0167 e. The average Bonchev–Trinajstić information content (AvgIpc) is 2.28. The summed E-state index contributed by atoms with van der Waals surface area (Å²) in [6.45, 7) is 11.5. The van der Waals surface area contributed by atoms with E-state index in [0.29, 0.717) is 5.92 Å². The molecule has 0 aromatic heterocycles. The van der Waals surface area contributed by atoms with Crippen molar-refractivity contribution in [2.75, 3.05) is 13.1 Å². The lowest BCUT2D eigenvalue weighted by Crippen LogP contribution is -2.21. The molecule has 0 spiro atoms. The van der Waals surface area contributed by atoms with Crippen LogP contribution in [0.4, 0.5) is 0 Å². The van der Waals surface area contributed by atoms with Crippen molar-refractivity contribution in [3.63, 3.8) is 0 Å². The Hall–Kier alpha value is -0.300. The molecule has 17 heavy (non-hydrogen) atoms. The summed E-state index contributed by atoms with van der Waals surface area (Å²) in [7, 11) is 0. The molecule has 1 N–H and O–H groups in total. The van der Waals surface area contributed by atoms with Crippen LogP contribution in [0.15, 0.2) is 11.6 Å². The molecule has 1 rings (SSSR count). The Morgan fingerprint density at radius 2 is 2.12 bits per heavy atom. The normalized spacial score (nSPS) is 26.5.